The van der Waals surface area contributed by atoms with Crippen LogP contribution in [0.5, 0.6) is 5.75 Å². The Labute approximate surface area is 148 Å². The molecule has 1 N–H and O–H groups in total. The standard InChI is InChI=1S/C20H25NO2S/c1-13-7-9-19(15(3)10-13)24-12-20(22)21-16(4)17-11-14(2)6-8-18(17)23-5/h6-11,16H,12H2,1-5H3,(H,21,22)/t16-/m0/s1. The van der Waals surface area contributed by atoms with Crippen molar-refractivity contribution in [1.82, 2.24) is 5.32 Å². The fraction of sp³-hybridized carbons (Fsp3) is 0.350. The molecule has 0 aliphatic carbocycles. The van der Waals surface area contributed by atoms with Crippen LogP contribution in [-0.4, -0.2) is 18.8 Å². The van der Waals surface area contributed by atoms with Crippen LogP contribution >= 0.6 is 11.8 Å². The van der Waals surface area contributed by atoms with Gasteiger partial charge in [0.2, 0.25) is 5.91 Å². The molecule has 0 heterocycles. The monoisotopic (exact) mass is 343 g/mol. The second-order valence-electron chi connectivity index (χ2n) is 6.09. The molecule has 2 aromatic carbocycles. The molecule has 0 radical (unpaired) electrons. The van der Waals surface area contributed by atoms with Gasteiger partial charge in [0.25, 0.3) is 0 Å². The second kappa shape index (κ2) is 8.25. The third kappa shape index (κ3) is 4.78. The Balaban J connectivity index is 1.98. The lowest BCUT2D eigenvalue weighted by molar-refractivity contribution is -0.119. The van der Waals surface area contributed by atoms with Crippen LogP contribution in [0.2, 0.25) is 0 Å². The lowest BCUT2D eigenvalue weighted by Gasteiger charge is -2.18. The number of hydrogen-bond donors (Lipinski definition) is 1. The third-order valence-electron chi connectivity index (χ3n) is 3.92. The average Bonchev–Trinajstić information content (AvgIpc) is 2.54. The van der Waals surface area contributed by atoms with Gasteiger partial charge in [-0.2, -0.15) is 0 Å². The number of amides is 1. The number of ether oxygens (including phenoxy) is 1. The molecular formula is C20H25NO2S. The van der Waals surface area contributed by atoms with E-state index < -0.39 is 0 Å². The molecule has 0 aliphatic rings. The Morgan fingerprint density at radius 2 is 1.79 bits per heavy atom. The van der Waals surface area contributed by atoms with Gasteiger partial charge in [-0.15, -0.1) is 11.8 Å². The zero-order chi connectivity index (χ0) is 17.7. The lowest BCUT2D eigenvalue weighted by atomic mass is 10.0. The molecule has 1 amide bonds. The summed E-state index contributed by atoms with van der Waals surface area (Å²) >= 11 is 1.57. The smallest absolute Gasteiger partial charge is 0.230 e. The van der Waals surface area contributed by atoms with Crippen molar-refractivity contribution in [2.24, 2.45) is 0 Å². The first-order chi connectivity index (χ1) is 11.4. The maximum Gasteiger partial charge on any atom is 0.230 e. The first-order valence-corrected chi connectivity index (χ1v) is 9.03. The van der Waals surface area contributed by atoms with Crippen LogP contribution in [0.15, 0.2) is 41.3 Å². The van der Waals surface area contributed by atoms with E-state index in [0.29, 0.717) is 5.75 Å². The molecule has 0 saturated carbocycles. The van der Waals surface area contributed by atoms with E-state index in [9.17, 15) is 4.79 Å². The van der Waals surface area contributed by atoms with Crippen LogP contribution in [0.4, 0.5) is 0 Å². The van der Waals surface area contributed by atoms with Crippen LogP contribution in [0.1, 0.15) is 35.2 Å². The summed E-state index contributed by atoms with van der Waals surface area (Å²) in [6, 6.07) is 12.2. The summed E-state index contributed by atoms with van der Waals surface area (Å²) < 4.78 is 5.40. The van der Waals surface area contributed by atoms with Crippen LogP contribution in [0, 0.1) is 20.8 Å². The number of nitrogens with one attached hydrogen (secondary N) is 1. The van der Waals surface area contributed by atoms with Gasteiger partial charge in [0.15, 0.2) is 0 Å². The topological polar surface area (TPSA) is 38.3 Å². The summed E-state index contributed by atoms with van der Waals surface area (Å²) in [5, 5.41) is 3.06. The summed E-state index contributed by atoms with van der Waals surface area (Å²) in [6.07, 6.45) is 0. The maximum atomic E-state index is 12.3. The molecule has 24 heavy (non-hydrogen) atoms. The van der Waals surface area contributed by atoms with Crippen molar-refractivity contribution in [2.45, 2.75) is 38.6 Å². The van der Waals surface area contributed by atoms with E-state index in [2.05, 4.69) is 43.4 Å². The Morgan fingerprint density at radius 3 is 2.46 bits per heavy atom. The first kappa shape index (κ1) is 18.4. The number of hydrogen-bond acceptors (Lipinski definition) is 3. The minimum Gasteiger partial charge on any atom is -0.496 e. The molecule has 3 nitrogen and oxygen atoms in total. The SMILES string of the molecule is COc1ccc(C)cc1[C@H](C)NC(=O)CSc1ccc(C)cc1C. The Morgan fingerprint density at radius 1 is 1.12 bits per heavy atom. The van der Waals surface area contributed by atoms with Crippen molar-refractivity contribution in [3.05, 3.63) is 58.7 Å². The van der Waals surface area contributed by atoms with Crippen molar-refractivity contribution in [3.63, 3.8) is 0 Å². The van der Waals surface area contributed by atoms with Crippen molar-refractivity contribution in [1.29, 1.82) is 0 Å². The van der Waals surface area contributed by atoms with Crippen molar-refractivity contribution in [3.8, 4) is 5.75 Å². The number of thioether (sulfide) groups is 1. The molecule has 0 bridgehead atoms. The Hall–Kier alpha value is -1.94. The van der Waals surface area contributed by atoms with Gasteiger partial charge in [-0.1, -0.05) is 35.4 Å². The van der Waals surface area contributed by atoms with E-state index in [1.54, 1.807) is 18.9 Å². The van der Waals surface area contributed by atoms with Crippen molar-refractivity contribution < 1.29 is 9.53 Å². The number of benzene rings is 2. The summed E-state index contributed by atoms with van der Waals surface area (Å²) in [6.45, 7) is 8.17. The van der Waals surface area contributed by atoms with Crippen molar-refractivity contribution >= 4 is 17.7 Å². The van der Waals surface area contributed by atoms with E-state index in [-0.39, 0.29) is 11.9 Å². The van der Waals surface area contributed by atoms with Crippen LogP contribution < -0.4 is 10.1 Å². The summed E-state index contributed by atoms with van der Waals surface area (Å²) in [7, 11) is 1.65. The number of carbonyl (C=O) groups is 1. The van der Waals surface area contributed by atoms with Gasteiger partial charge in [0.1, 0.15) is 5.75 Å². The molecule has 128 valence electrons. The van der Waals surface area contributed by atoms with Gasteiger partial charge in [0, 0.05) is 10.5 Å². The van der Waals surface area contributed by atoms with E-state index in [4.69, 9.17) is 4.74 Å². The highest BCUT2D eigenvalue weighted by Crippen LogP contribution is 2.27. The highest BCUT2D eigenvalue weighted by molar-refractivity contribution is 8.00. The van der Waals surface area contributed by atoms with Crippen LogP contribution in [-0.2, 0) is 4.79 Å². The molecule has 1 atom stereocenters. The Bertz CT molecular complexity index is 728. The molecule has 4 heteroatoms. The van der Waals surface area contributed by atoms with Gasteiger partial charge >= 0.3 is 0 Å². The quantitative estimate of drug-likeness (QED) is 0.780. The number of rotatable bonds is 6. The number of carbonyl (C=O) groups excluding carboxylic acids is 1. The fourth-order valence-corrected chi connectivity index (χ4v) is 3.48. The van der Waals surface area contributed by atoms with Gasteiger partial charge in [0.05, 0.1) is 18.9 Å². The lowest BCUT2D eigenvalue weighted by Crippen LogP contribution is -2.28. The minimum atomic E-state index is -0.0907. The van der Waals surface area contributed by atoms with E-state index in [1.165, 1.54) is 11.1 Å². The van der Waals surface area contributed by atoms with Crippen molar-refractivity contribution in [2.75, 3.05) is 12.9 Å². The summed E-state index contributed by atoms with van der Waals surface area (Å²) in [5.41, 5.74) is 4.60. The second-order valence-corrected chi connectivity index (χ2v) is 7.11. The molecule has 0 aromatic heterocycles. The Kier molecular flexibility index (Phi) is 6.32. The predicted octanol–water partition coefficient (Wildman–Crippen LogP) is 4.59. The molecule has 2 rings (SSSR count). The molecule has 0 aliphatic heterocycles. The van der Waals surface area contributed by atoms with Gasteiger partial charge in [-0.3, -0.25) is 4.79 Å². The molecule has 2 aromatic rings. The predicted molar refractivity (Wildman–Crippen MR) is 101 cm³/mol. The van der Waals surface area contributed by atoms with Crippen LogP contribution in [0.3, 0.4) is 0 Å². The fourth-order valence-electron chi connectivity index (χ4n) is 2.66. The number of methoxy groups -OCH3 is 1. The average molecular weight is 343 g/mol. The zero-order valence-corrected chi connectivity index (χ0v) is 15.8. The number of aryl methyl sites for hydroxylation is 3. The molecule has 0 spiro atoms. The zero-order valence-electron chi connectivity index (χ0n) is 15.0. The highest BCUT2D eigenvalue weighted by Gasteiger charge is 2.14. The van der Waals surface area contributed by atoms with Gasteiger partial charge in [-0.05, 0) is 45.4 Å². The van der Waals surface area contributed by atoms with Gasteiger partial charge < -0.3 is 10.1 Å². The van der Waals surface area contributed by atoms with E-state index in [1.807, 2.05) is 26.0 Å². The summed E-state index contributed by atoms with van der Waals surface area (Å²) in [4.78, 5) is 13.4. The first-order valence-electron chi connectivity index (χ1n) is 8.04. The summed E-state index contributed by atoms with van der Waals surface area (Å²) in [5.74, 6) is 1.23. The van der Waals surface area contributed by atoms with Crippen LogP contribution in [0.25, 0.3) is 0 Å². The van der Waals surface area contributed by atoms with E-state index >= 15 is 0 Å². The van der Waals surface area contributed by atoms with E-state index in [0.717, 1.165) is 21.8 Å². The maximum absolute atomic E-state index is 12.3. The highest BCUT2D eigenvalue weighted by atomic mass is 32.2. The molecule has 0 saturated heterocycles. The molecule has 0 unspecified atom stereocenters. The molecule has 0 fully saturated rings. The van der Waals surface area contributed by atoms with Gasteiger partial charge in [-0.25, -0.2) is 0 Å². The molecular weight excluding hydrogens is 318 g/mol. The minimum absolute atomic E-state index is 0.0241. The largest absolute Gasteiger partial charge is 0.496 e. The third-order valence-corrected chi connectivity index (χ3v) is 5.09. The normalized spacial score (nSPS) is 11.9.